The van der Waals surface area contributed by atoms with Gasteiger partial charge in [0.05, 0.1) is 23.8 Å². The van der Waals surface area contributed by atoms with Crippen molar-refractivity contribution in [1.82, 2.24) is 9.88 Å². The Kier molecular flexibility index (Phi) is 5.03. The summed E-state index contributed by atoms with van der Waals surface area (Å²) in [6.07, 6.45) is 0. The van der Waals surface area contributed by atoms with Crippen molar-refractivity contribution >= 4 is 17.3 Å². The molecule has 2 aromatic rings. The smallest absolute Gasteiger partial charge is 0.270 e. The molecule has 1 aromatic carbocycles. The van der Waals surface area contributed by atoms with Gasteiger partial charge in [-0.05, 0) is 23.8 Å². The predicted molar refractivity (Wildman–Crippen MR) is 87.4 cm³/mol. The molecule has 0 aliphatic carbocycles. The normalized spacial score (nSPS) is 15.4. The third-order valence-electron chi connectivity index (χ3n) is 3.80. The minimum absolute atomic E-state index is 0.0647. The number of morpholine rings is 1. The Hall–Kier alpha value is -2.09. The molecule has 8 heteroatoms. The average Bonchev–Trinajstić information content (AvgIpc) is 2.55. The molecule has 0 saturated carbocycles. The summed E-state index contributed by atoms with van der Waals surface area (Å²) in [6, 6.07) is 6.79. The fourth-order valence-electron chi connectivity index (χ4n) is 2.62. The SMILES string of the molecule is O=[N+]([O-])c1ccc(F)c(-c2cc(CN3CCOCC3)cc(Cl)n2)c1. The Morgan fingerprint density at radius 1 is 1.29 bits per heavy atom. The highest BCUT2D eigenvalue weighted by molar-refractivity contribution is 6.29. The molecule has 1 aliphatic heterocycles. The first kappa shape index (κ1) is 16.8. The molecule has 0 radical (unpaired) electrons. The number of aromatic nitrogens is 1. The number of non-ortho nitro benzene ring substituents is 1. The van der Waals surface area contributed by atoms with Crippen LogP contribution in [0.15, 0.2) is 30.3 Å². The van der Waals surface area contributed by atoms with E-state index in [1.807, 2.05) is 0 Å². The molecule has 0 atom stereocenters. The van der Waals surface area contributed by atoms with E-state index in [0.717, 1.165) is 30.8 Å². The summed E-state index contributed by atoms with van der Waals surface area (Å²) >= 11 is 6.06. The number of nitro groups is 1. The number of benzene rings is 1. The first-order valence-electron chi connectivity index (χ1n) is 7.44. The molecule has 1 aliphatic rings. The topological polar surface area (TPSA) is 68.5 Å². The number of rotatable bonds is 4. The van der Waals surface area contributed by atoms with E-state index in [1.165, 1.54) is 6.07 Å². The predicted octanol–water partition coefficient (Wildman–Crippen LogP) is 3.28. The van der Waals surface area contributed by atoms with Crippen molar-refractivity contribution in [1.29, 1.82) is 0 Å². The molecule has 1 fully saturated rings. The number of hydrogen-bond donors (Lipinski definition) is 0. The highest BCUT2D eigenvalue weighted by atomic mass is 35.5. The fraction of sp³-hybridized carbons (Fsp3) is 0.312. The van der Waals surface area contributed by atoms with Crippen LogP contribution in [0.4, 0.5) is 10.1 Å². The van der Waals surface area contributed by atoms with Crippen molar-refractivity contribution in [2.24, 2.45) is 0 Å². The fourth-order valence-corrected chi connectivity index (χ4v) is 2.85. The first-order valence-corrected chi connectivity index (χ1v) is 7.81. The lowest BCUT2D eigenvalue weighted by Gasteiger charge is -2.26. The van der Waals surface area contributed by atoms with Gasteiger partial charge in [-0.15, -0.1) is 0 Å². The molecule has 0 spiro atoms. The summed E-state index contributed by atoms with van der Waals surface area (Å²) < 4.78 is 19.4. The Balaban J connectivity index is 1.93. The molecule has 0 bridgehead atoms. The maximum absolute atomic E-state index is 14.1. The van der Waals surface area contributed by atoms with Crippen LogP contribution in [0.5, 0.6) is 0 Å². The van der Waals surface area contributed by atoms with Crippen LogP contribution in [0.2, 0.25) is 5.15 Å². The van der Waals surface area contributed by atoms with Crippen LogP contribution in [0.25, 0.3) is 11.3 Å². The standard InChI is InChI=1S/C16H15ClFN3O3/c17-16-8-11(10-20-3-5-24-6-4-20)7-15(19-16)13-9-12(21(22)23)1-2-14(13)18/h1-2,7-9H,3-6,10H2. The molecule has 126 valence electrons. The van der Waals surface area contributed by atoms with Crippen molar-refractivity contribution in [3.8, 4) is 11.3 Å². The lowest BCUT2D eigenvalue weighted by atomic mass is 10.1. The minimum Gasteiger partial charge on any atom is -0.379 e. The van der Waals surface area contributed by atoms with Gasteiger partial charge in [0.2, 0.25) is 0 Å². The van der Waals surface area contributed by atoms with Crippen molar-refractivity contribution in [2.75, 3.05) is 26.3 Å². The Labute approximate surface area is 143 Å². The van der Waals surface area contributed by atoms with Crippen LogP contribution < -0.4 is 0 Å². The van der Waals surface area contributed by atoms with Gasteiger partial charge in [0, 0.05) is 37.3 Å². The first-order chi connectivity index (χ1) is 11.5. The summed E-state index contributed by atoms with van der Waals surface area (Å²) in [4.78, 5) is 16.7. The second-order valence-electron chi connectivity index (χ2n) is 5.49. The zero-order chi connectivity index (χ0) is 17.1. The average molecular weight is 352 g/mol. The largest absolute Gasteiger partial charge is 0.379 e. The number of nitrogens with zero attached hydrogens (tertiary/aromatic N) is 3. The second kappa shape index (κ2) is 7.21. The number of ether oxygens (including phenoxy) is 1. The summed E-state index contributed by atoms with van der Waals surface area (Å²) in [7, 11) is 0. The molecule has 1 aromatic heterocycles. The van der Waals surface area contributed by atoms with Crippen molar-refractivity contribution in [3.63, 3.8) is 0 Å². The van der Waals surface area contributed by atoms with Crippen LogP contribution >= 0.6 is 11.6 Å². The van der Waals surface area contributed by atoms with E-state index in [4.69, 9.17) is 16.3 Å². The highest BCUT2D eigenvalue weighted by Gasteiger charge is 2.16. The van der Waals surface area contributed by atoms with Crippen LogP contribution in [-0.4, -0.2) is 41.1 Å². The maximum Gasteiger partial charge on any atom is 0.270 e. The molecule has 2 heterocycles. The van der Waals surface area contributed by atoms with Gasteiger partial charge in [0.15, 0.2) is 0 Å². The minimum atomic E-state index is -0.576. The lowest BCUT2D eigenvalue weighted by molar-refractivity contribution is -0.384. The maximum atomic E-state index is 14.1. The molecule has 0 unspecified atom stereocenters. The van der Waals surface area contributed by atoms with Gasteiger partial charge in [-0.1, -0.05) is 11.6 Å². The van der Waals surface area contributed by atoms with E-state index in [0.29, 0.717) is 19.8 Å². The third-order valence-corrected chi connectivity index (χ3v) is 3.99. The van der Waals surface area contributed by atoms with Gasteiger partial charge < -0.3 is 4.74 Å². The number of halogens is 2. The number of pyridine rings is 1. The Bertz CT molecular complexity index is 766. The molecular formula is C16H15ClFN3O3. The summed E-state index contributed by atoms with van der Waals surface area (Å²) in [5.41, 5.74) is 1.03. The van der Waals surface area contributed by atoms with E-state index in [9.17, 15) is 14.5 Å². The van der Waals surface area contributed by atoms with Gasteiger partial charge in [-0.3, -0.25) is 15.0 Å². The van der Waals surface area contributed by atoms with Crippen molar-refractivity contribution in [2.45, 2.75) is 6.54 Å². The van der Waals surface area contributed by atoms with Crippen molar-refractivity contribution < 1.29 is 14.1 Å². The van der Waals surface area contributed by atoms with E-state index < -0.39 is 10.7 Å². The van der Waals surface area contributed by atoms with Crippen LogP contribution in [-0.2, 0) is 11.3 Å². The van der Waals surface area contributed by atoms with Gasteiger partial charge in [-0.25, -0.2) is 9.37 Å². The molecule has 24 heavy (non-hydrogen) atoms. The Morgan fingerprint density at radius 2 is 2.04 bits per heavy atom. The van der Waals surface area contributed by atoms with E-state index in [1.54, 1.807) is 12.1 Å². The number of hydrogen-bond acceptors (Lipinski definition) is 5. The molecule has 3 rings (SSSR count). The van der Waals surface area contributed by atoms with E-state index in [2.05, 4.69) is 9.88 Å². The van der Waals surface area contributed by atoms with Gasteiger partial charge in [0.1, 0.15) is 11.0 Å². The lowest BCUT2D eigenvalue weighted by Crippen LogP contribution is -2.35. The van der Waals surface area contributed by atoms with E-state index >= 15 is 0 Å². The summed E-state index contributed by atoms with van der Waals surface area (Å²) in [6.45, 7) is 3.59. The van der Waals surface area contributed by atoms with Gasteiger partial charge >= 0.3 is 0 Å². The van der Waals surface area contributed by atoms with Gasteiger partial charge in [-0.2, -0.15) is 0 Å². The molecule has 6 nitrogen and oxygen atoms in total. The van der Waals surface area contributed by atoms with Crippen molar-refractivity contribution in [3.05, 3.63) is 57.0 Å². The molecule has 0 N–H and O–H groups in total. The quantitative estimate of drug-likeness (QED) is 0.480. The van der Waals surface area contributed by atoms with Gasteiger partial charge in [0.25, 0.3) is 5.69 Å². The zero-order valence-electron chi connectivity index (χ0n) is 12.7. The summed E-state index contributed by atoms with van der Waals surface area (Å²) in [5.74, 6) is -0.576. The zero-order valence-corrected chi connectivity index (χ0v) is 13.5. The molecule has 0 amide bonds. The third kappa shape index (κ3) is 3.87. The highest BCUT2D eigenvalue weighted by Crippen LogP contribution is 2.28. The Morgan fingerprint density at radius 3 is 2.75 bits per heavy atom. The van der Waals surface area contributed by atoms with E-state index in [-0.39, 0.29) is 22.1 Å². The van der Waals surface area contributed by atoms with Crippen LogP contribution in [0.1, 0.15) is 5.56 Å². The van der Waals surface area contributed by atoms with Crippen LogP contribution in [0, 0.1) is 15.9 Å². The van der Waals surface area contributed by atoms with Crippen LogP contribution in [0.3, 0.4) is 0 Å². The monoisotopic (exact) mass is 351 g/mol. The second-order valence-corrected chi connectivity index (χ2v) is 5.88. The molecular weight excluding hydrogens is 337 g/mol. The summed E-state index contributed by atoms with van der Waals surface area (Å²) in [5, 5.41) is 11.1. The number of nitro benzene ring substituents is 1. The molecule has 1 saturated heterocycles.